The predicted octanol–water partition coefficient (Wildman–Crippen LogP) is -2.53. The van der Waals surface area contributed by atoms with Crippen LogP contribution in [0.25, 0.3) is 0 Å². The summed E-state index contributed by atoms with van der Waals surface area (Å²) >= 11 is 0. The van der Waals surface area contributed by atoms with E-state index >= 15 is 0 Å². The van der Waals surface area contributed by atoms with Crippen molar-refractivity contribution < 1.29 is 72.8 Å². The summed E-state index contributed by atoms with van der Waals surface area (Å²) in [6.07, 6.45) is -10.4. The molecule has 8 atom stereocenters. The third-order valence-electron chi connectivity index (χ3n) is 4.58. The Morgan fingerprint density at radius 2 is 1.38 bits per heavy atom. The van der Waals surface area contributed by atoms with E-state index in [4.69, 9.17) is 39.0 Å². The van der Waals surface area contributed by atoms with Gasteiger partial charge in [-0.25, -0.2) is 4.79 Å². The molecular weight excluding hydrogens is 411 g/mol. The Morgan fingerprint density at radius 1 is 0.828 bits per heavy atom. The first kappa shape index (κ1) is 21.3. The molecule has 0 aromatic rings. The fourth-order valence-corrected chi connectivity index (χ4v) is 3.27. The van der Waals surface area contributed by atoms with Crippen molar-refractivity contribution in [3.8, 4) is 0 Å². The lowest BCUT2D eigenvalue weighted by atomic mass is 9.97. The van der Waals surface area contributed by atoms with E-state index in [1.807, 2.05) is 0 Å². The Hall–Kier alpha value is -2.43. The van der Waals surface area contributed by atoms with E-state index < -0.39 is 85.6 Å². The van der Waals surface area contributed by atoms with Crippen LogP contribution in [0.15, 0.2) is 0 Å². The summed E-state index contributed by atoms with van der Waals surface area (Å²) < 4.78 is 38.3. The van der Waals surface area contributed by atoms with Gasteiger partial charge < -0.3 is 44.1 Å². The average Bonchev–Trinajstić information content (AvgIpc) is 3.07. The molecule has 3 rings (SSSR count). The lowest BCUT2D eigenvalue weighted by Crippen LogP contribution is -2.63. The van der Waals surface area contributed by atoms with Crippen LogP contribution in [-0.2, 0) is 47.8 Å². The highest BCUT2D eigenvalue weighted by Gasteiger charge is 2.59. The van der Waals surface area contributed by atoms with Crippen molar-refractivity contribution in [3.63, 3.8) is 0 Å². The molecular formula is C14H15FO14. The number of aliphatic carboxylic acids is 3. The van der Waals surface area contributed by atoms with Gasteiger partial charge in [-0.15, -0.1) is 0 Å². The topological polar surface area (TPSA) is 205 Å². The molecule has 3 heterocycles. The number of hydrogen-bond acceptors (Lipinski definition) is 11. The van der Waals surface area contributed by atoms with Crippen LogP contribution in [0.1, 0.15) is 0 Å². The van der Waals surface area contributed by atoms with Crippen molar-refractivity contribution in [1.82, 2.24) is 0 Å². The Bertz CT molecular complexity index is 684. The number of carbonyl (C=O) groups is 4. The Kier molecular flexibility index (Phi) is 5.97. The van der Waals surface area contributed by atoms with E-state index in [2.05, 4.69) is 4.94 Å². The van der Waals surface area contributed by atoms with Crippen LogP contribution in [0, 0.1) is 11.8 Å². The fraction of sp³-hybridized carbons (Fsp3) is 0.714. The van der Waals surface area contributed by atoms with Crippen molar-refractivity contribution in [2.24, 2.45) is 11.8 Å². The molecule has 0 bridgehead atoms. The van der Waals surface area contributed by atoms with Crippen LogP contribution in [-0.4, -0.2) is 94.2 Å². The lowest BCUT2D eigenvalue weighted by molar-refractivity contribution is -0.342. The molecule has 8 unspecified atom stereocenters. The largest absolute Gasteiger partial charge is 0.480 e. The minimum Gasteiger partial charge on any atom is -0.480 e. The minimum atomic E-state index is -2.25. The maximum Gasteiger partial charge on any atom is 0.368 e. The molecule has 0 amide bonds. The highest BCUT2D eigenvalue weighted by molar-refractivity contribution is 5.94. The summed E-state index contributed by atoms with van der Waals surface area (Å²) in [7, 11) is 0. The molecule has 0 spiro atoms. The van der Waals surface area contributed by atoms with Gasteiger partial charge in [-0.05, 0) is 0 Å². The lowest BCUT2D eigenvalue weighted by Gasteiger charge is -2.45. The standard InChI is InChI=1S/C14H15FO14/c15-29-11(22)4(10(20)21)14-27-6-5-2(25-12(23)7(6)28-14)1-24-13(26-5)3(8(16)17)9(18)19/h2-7,12-14,23H,1H2,(H,16,17)(H,18,19)(H,20,21). The number of fused-ring (bicyclic) bond motifs is 3. The summed E-state index contributed by atoms with van der Waals surface area (Å²) in [6, 6.07) is 0. The molecule has 0 radical (unpaired) electrons. The van der Waals surface area contributed by atoms with E-state index in [0.717, 1.165) is 0 Å². The second-order valence-corrected chi connectivity index (χ2v) is 6.30. The summed E-state index contributed by atoms with van der Waals surface area (Å²) in [4.78, 5) is 47.9. The van der Waals surface area contributed by atoms with Gasteiger partial charge >= 0.3 is 23.9 Å². The van der Waals surface area contributed by atoms with Crippen LogP contribution in [0.3, 0.4) is 0 Å². The van der Waals surface area contributed by atoms with Gasteiger partial charge in [0.05, 0.1) is 6.61 Å². The highest BCUT2D eigenvalue weighted by Crippen LogP contribution is 2.39. The Balaban J connectivity index is 1.81. The molecule has 4 N–H and O–H groups in total. The van der Waals surface area contributed by atoms with E-state index in [0.29, 0.717) is 0 Å². The molecule has 14 nitrogen and oxygen atoms in total. The van der Waals surface area contributed by atoms with Gasteiger partial charge in [0.1, 0.15) is 24.4 Å². The smallest absolute Gasteiger partial charge is 0.368 e. The quantitative estimate of drug-likeness (QED) is 0.323. The Morgan fingerprint density at radius 3 is 1.93 bits per heavy atom. The van der Waals surface area contributed by atoms with E-state index in [1.165, 1.54) is 0 Å². The van der Waals surface area contributed by atoms with Gasteiger partial charge in [-0.3, -0.25) is 19.3 Å². The normalized spacial score (nSPS) is 37.3. The van der Waals surface area contributed by atoms with Gasteiger partial charge in [0, 0.05) is 4.53 Å². The minimum absolute atomic E-state index is 0.393. The third-order valence-corrected chi connectivity index (χ3v) is 4.58. The molecule has 0 aliphatic carbocycles. The first-order valence-electron chi connectivity index (χ1n) is 8.08. The van der Waals surface area contributed by atoms with Crippen molar-refractivity contribution in [2.75, 3.05) is 6.61 Å². The maximum absolute atomic E-state index is 12.2. The van der Waals surface area contributed by atoms with Crippen molar-refractivity contribution in [2.45, 2.75) is 43.3 Å². The molecule has 162 valence electrons. The van der Waals surface area contributed by atoms with Gasteiger partial charge in [-0.1, -0.05) is 0 Å². The number of carbonyl (C=O) groups excluding carboxylic acids is 1. The number of aliphatic hydroxyl groups is 1. The maximum atomic E-state index is 12.2. The van der Waals surface area contributed by atoms with Gasteiger partial charge in [-0.2, -0.15) is 0 Å². The number of carboxylic acids is 3. The molecule has 29 heavy (non-hydrogen) atoms. The average molecular weight is 426 g/mol. The van der Waals surface area contributed by atoms with E-state index in [-0.39, 0.29) is 0 Å². The van der Waals surface area contributed by atoms with Gasteiger partial charge in [0.15, 0.2) is 18.9 Å². The second kappa shape index (κ2) is 8.13. The molecule has 0 saturated carbocycles. The third kappa shape index (κ3) is 3.87. The van der Waals surface area contributed by atoms with Gasteiger partial charge in [0.2, 0.25) is 11.8 Å². The van der Waals surface area contributed by atoms with Crippen LogP contribution >= 0.6 is 0 Å². The van der Waals surface area contributed by atoms with Crippen LogP contribution in [0.2, 0.25) is 0 Å². The summed E-state index contributed by atoms with van der Waals surface area (Å²) in [5.74, 6) is -11.5. The molecule has 3 aliphatic heterocycles. The zero-order valence-electron chi connectivity index (χ0n) is 14.2. The van der Waals surface area contributed by atoms with Crippen molar-refractivity contribution in [3.05, 3.63) is 0 Å². The molecule has 3 fully saturated rings. The zero-order chi connectivity index (χ0) is 21.5. The predicted molar refractivity (Wildman–Crippen MR) is 76.1 cm³/mol. The molecule has 3 saturated heterocycles. The van der Waals surface area contributed by atoms with Crippen molar-refractivity contribution in [1.29, 1.82) is 0 Å². The van der Waals surface area contributed by atoms with Crippen LogP contribution in [0.5, 0.6) is 0 Å². The van der Waals surface area contributed by atoms with Crippen molar-refractivity contribution >= 4 is 23.9 Å². The molecule has 15 heteroatoms. The Labute approximate surface area is 159 Å². The number of halogens is 1. The van der Waals surface area contributed by atoms with E-state index in [9.17, 15) is 28.8 Å². The number of aliphatic hydroxyl groups excluding tert-OH is 1. The highest BCUT2D eigenvalue weighted by atomic mass is 19.3. The molecule has 0 aromatic carbocycles. The summed E-state index contributed by atoms with van der Waals surface area (Å²) in [5, 5.41) is 37.3. The number of hydrogen-bond donors (Lipinski definition) is 4. The first-order chi connectivity index (χ1) is 13.6. The van der Waals surface area contributed by atoms with Crippen LogP contribution < -0.4 is 0 Å². The number of rotatable bonds is 6. The number of ether oxygens (including phenoxy) is 5. The number of carboxylic acid groups (broad SMARTS) is 3. The summed E-state index contributed by atoms with van der Waals surface area (Å²) in [5.41, 5.74) is 0. The molecule has 3 aliphatic rings. The second-order valence-electron chi connectivity index (χ2n) is 6.30. The van der Waals surface area contributed by atoms with Crippen LogP contribution in [0.4, 0.5) is 4.53 Å². The zero-order valence-corrected chi connectivity index (χ0v) is 14.2. The first-order valence-corrected chi connectivity index (χ1v) is 8.08. The molecule has 0 aromatic heterocycles. The SMILES string of the molecule is O=C(O)C(C(=O)O)C1OCC2OC(O)C3OC(C(C(=O)O)C(=O)OF)OC3C2O1. The summed E-state index contributed by atoms with van der Waals surface area (Å²) in [6.45, 7) is -0.393. The fourth-order valence-electron chi connectivity index (χ4n) is 3.27. The van der Waals surface area contributed by atoms with E-state index in [1.54, 1.807) is 0 Å². The van der Waals surface area contributed by atoms with Gasteiger partial charge in [0.25, 0.3) is 0 Å². The monoisotopic (exact) mass is 426 g/mol.